The summed E-state index contributed by atoms with van der Waals surface area (Å²) in [5, 5.41) is 10.2. The summed E-state index contributed by atoms with van der Waals surface area (Å²) in [4.78, 5) is 2.61. The van der Waals surface area contributed by atoms with E-state index in [4.69, 9.17) is 11.6 Å². The number of hydrogen-bond donors (Lipinski definition) is 1. The van der Waals surface area contributed by atoms with Crippen molar-refractivity contribution in [3.05, 3.63) is 28.3 Å². The summed E-state index contributed by atoms with van der Waals surface area (Å²) in [6, 6.07) is 4.43. The molecule has 1 aromatic rings. The largest absolute Gasteiger partial charge is 0.506 e. The molecule has 106 valence electrons. The summed E-state index contributed by atoms with van der Waals surface area (Å²) in [7, 11) is 0. The van der Waals surface area contributed by atoms with Crippen LogP contribution in [0.4, 0.5) is 0 Å². The Hall–Kier alpha value is -0.730. The van der Waals surface area contributed by atoms with Crippen molar-refractivity contribution in [2.24, 2.45) is 0 Å². The maximum Gasteiger partial charge on any atom is 0.134 e. The highest BCUT2D eigenvalue weighted by molar-refractivity contribution is 6.32. The second-order valence-electron chi connectivity index (χ2n) is 5.50. The quantitative estimate of drug-likeness (QED) is 0.881. The number of halogens is 1. The van der Waals surface area contributed by atoms with E-state index in [-0.39, 0.29) is 5.75 Å². The van der Waals surface area contributed by atoms with Gasteiger partial charge >= 0.3 is 0 Å². The van der Waals surface area contributed by atoms with Gasteiger partial charge in [-0.05, 0) is 68.5 Å². The van der Waals surface area contributed by atoms with E-state index in [9.17, 15) is 5.11 Å². The van der Waals surface area contributed by atoms with Gasteiger partial charge in [0, 0.05) is 6.04 Å². The minimum atomic E-state index is 0.220. The van der Waals surface area contributed by atoms with Crippen LogP contribution in [-0.4, -0.2) is 29.1 Å². The normalized spacial score (nSPS) is 18.6. The van der Waals surface area contributed by atoms with Gasteiger partial charge in [0.2, 0.25) is 0 Å². The van der Waals surface area contributed by atoms with Crippen molar-refractivity contribution >= 4 is 11.6 Å². The predicted molar refractivity (Wildman–Crippen MR) is 81.1 cm³/mol. The molecule has 0 saturated carbocycles. The van der Waals surface area contributed by atoms with Gasteiger partial charge in [0.25, 0.3) is 0 Å². The van der Waals surface area contributed by atoms with E-state index in [1.54, 1.807) is 0 Å². The monoisotopic (exact) mass is 281 g/mol. The molecular weight excluding hydrogens is 258 g/mol. The molecule has 0 aliphatic heterocycles. The van der Waals surface area contributed by atoms with Gasteiger partial charge in [-0.2, -0.15) is 0 Å². The summed E-state index contributed by atoms with van der Waals surface area (Å²) in [6.07, 6.45) is 5.72. The summed E-state index contributed by atoms with van der Waals surface area (Å²) < 4.78 is 0. The molecule has 0 radical (unpaired) electrons. The van der Waals surface area contributed by atoms with Crippen molar-refractivity contribution in [3.63, 3.8) is 0 Å². The second-order valence-corrected chi connectivity index (χ2v) is 5.91. The zero-order valence-electron chi connectivity index (χ0n) is 12.0. The zero-order chi connectivity index (χ0) is 13.8. The van der Waals surface area contributed by atoms with Crippen LogP contribution in [0.15, 0.2) is 12.1 Å². The van der Waals surface area contributed by atoms with Crippen LogP contribution in [0.2, 0.25) is 5.02 Å². The number of phenolic OH excluding ortho intramolecular Hbond substituents is 1. The van der Waals surface area contributed by atoms with Gasteiger partial charge in [-0.15, -0.1) is 0 Å². The third-order valence-electron chi connectivity index (χ3n) is 4.01. The number of nitrogens with zero attached hydrogens (tertiary/aromatic N) is 1. The van der Waals surface area contributed by atoms with Gasteiger partial charge in [0.05, 0.1) is 5.02 Å². The molecule has 19 heavy (non-hydrogen) atoms. The van der Waals surface area contributed by atoms with E-state index >= 15 is 0 Å². The second kappa shape index (κ2) is 6.62. The van der Waals surface area contributed by atoms with E-state index in [1.165, 1.54) is 43.5 Å². The first kappa shape index (κ1) is 14.7. The van der Waals surface area contributed by atoms with E-state index in [0.717, 1.165) is 12.8 Å². The fraction of sp³-hybridized carbons (Fsp3) is 0.625. The smallest absolute Gasteiger partial charge is 0.134 e. The summed E-state index contributed by atoms with van der Waals surface area (Å²) in [5.74, 6) is 0.220. The molecule has 0 saturated heterocycles. The van der Waals surface area contributed by atoms with Crippen molar-refractivity contribution in [1.29, 1.82) is 0 Å². The SMILES string of the molecule is CCCN(CCC)[C@@H]1CCc2cc(O)c(Cl)cc2C1. The average Bonchev–Trinajstić information content (AvgIpc) is 2.39. The van der Waals surface area contributed by atoms with E-state index in [1.807, 2.05) is 12.1 Å². The molecule has 1 aromatic carbocycles. The highest BCUT2D eigenvalue weighted by Gasteiger charge is 2.24. The summed E-state index contributed by atoms with van der Waals surface area (Å²) in [6.45, 7) is 6.85. The number of hydrogen-bond acceptors (Lipinski definition) is 2. The fourth-order valence-corrected chi connectivity index (χ4v) is 3.30. The van der Waals surface area contributed by atoms with Crippen molar-refractivity contribution in [2.45, 2.75) is 52.0 Å². The lowest BCUT2D eigenvalue weighted by Crippen LogP contribution is -2.40. The lowest BCUT2D eigenvalue weighted by atomic mass is 9.87. The van der Waals surface area contributed by atoms with Crippen LogP contribution in [0, 0.1) is 0 Å². The molecule has 0 bridgehead atoms. The predicted octanol–water partition coefficient (Wildman–Crippen LogP) is 4.02. The molecule has 0 fully saturated rings. The van der Waals surface area contributed by atoms with Crippen LogP contribution in [0.1, 0.15) is 44.2 Å². The van der Waals surface area contributed by atoms with Gasteiger partial charge in [0.15, 0.2) is 0 Å². The van der Waals surface area contributed by atoms with E-state index < -0.39 is 0 Å². The lowest BCUT2D eigenvalue weighted by molar-refractivity contribution is 0.180. The number of rotatable bonds is 5. The van der Waals surface area contributed by atoms with Gasteiger partial charge < -0.3 is 10.0 Å². The highest BCUT2D eigenvalue weighted by Crippen LogP contribution is 2.32. The van der Waals surface area contributed by atoms with Crippen molar-refractivity contribution in [1.82, 2.24) is 4.90 Å². The molecule has 1 aliphatic carbocycles. The van der Waals surface area contributed by atoms with Gasteiger partial charge in [-0.1, -0.05) is 25.4 Å². The van der Waals surface area contributed by atoms with Crippen LogP contribution in [0.3, 0.4) is 0 Å². The molecule has 2 nitrogen and oxygen atoms in total. The van der Waals surface area contributed by atoms with Crippen LogP contribution in [0.25, 0.3) is 0 Å². The topological polar surface area (TPSA) is 23.5 Å². The molecule has 1 N–H and O–H groups in total. The van der Waals surface area contributed by atoms with Crippen LogP contribution >= 0.6 is 11.6 Å². The molecule has 1 atom stereocenters. The minimum absolute atomic E-state index is 0.220. The van der Waals surface area contributed by atoms with Crippen molar-refractivity contribution in [2.75, 3.05) is 13.1 Å². The van der Waals surface area contributed by atoms with Crippen molar-refractivity contribution in [3.8, 4) is 5.75 Å². The molecule has 2 rings (SSSR count). The molecule has 3 heteroatoms. The van der Waals surface area contributed by atoms with Crippen LogP contribution in [0.5, 0.6) is 5.75 Å². The highest BCUT2D eigenvalue weighted by atomic mass is 35.5. The Labute approximate surface area is 121 Å². The molecular formula is C16H24ClNO. The van der Waals surface area contributed by atoms with Crippen molar-refractivity contribution < 1.29 is 5.11 Å². The number of aryl methyl sites for hydroxylation is 1. The Balaban J connectivity index is 2.14. The minimum Gasteiger partial charge on any atom is -0.506 e. The third kappa shape index (κ3) is 3.43. The van der Waals surface area contributed by atoms with E-state index in [0.29, 0.717) is 11.1 Å². The Morgan fingerprint density at radius 3 is 2.53 bits per heavy atom. The molecule has 1 aliphatic rings. The number of aromatic hydroxyl groups is 1. The van der Waals surface area contributed by atoms with Crippen LogP contribution < -0.4 is 0 Å². The lowest BCUT2D eigenvalue weighted by Gasteiger charge is -2.35. The van der Waals surface area contributed by atoms with Gasteiger partial charge in [-0.25, -0.2) is 0 Å². The summed E-state index contributed by atoms with van der Waals surface area (Å²) >= 11 is 6.03. The molecule has 0 unspecified atom stereocenters. The average molecular weight is 282 g/mol. The van der Waals surface area contributed by atoms with E-state index in [2.05, 4.69) is 18.7 Å². The summed E-state index contributed by atoms with van der Waals surface area (Å²) in [5.41, 5.74) is 2.59. The zero-order valence-corrected chi connectivity index (χ0v) is 12.7. The standard InChI is InChI=1S/C16H24ClNO/c1-3-7-18(8-4-2)14-6-5-12-11-16(19)15(17)10-13(12)9-14/h10-11,14,19H,3-9H2,1-2H3/t14-/m1/s1. The molecule has 0 spiro atoms. The fourth-order valence-electron chi connectivity index (χ4n) is 3.11. The molecule has 0 aromatic heterocycles. The van der Waals surface area contributed by atoms with Gasteiger partial charge in [0.1, 0.15) is 5.75 Å². The Morgan fingerprint density at radius 1 is 1.21 bits per heavy atom. The Morgan fingerprint density at radius 2 is 1.89 bits per heavy atom. The first-order valence-electron chi connectivity index (χ1n) is 7.40. The third-order valence-corrected chi connectivity index (χ3v) is 4.31. The first-order valence-corrected chi connectivity index (χ1v) is 7.77. The molecule has 0 heterocycles. The van der Waals surface area contributed by atoms with Gasteiger partial charge in [-0.3, -0.25) is 0 Å². The first-order chi connectivity index (χ1) is 9.15. The molecule has 0 amide bonds. The maximum absolute atomic E-state index is 9.68. The Kier molecular flexibility index (Phi) is 5.12. The maximum atomic E-state index is 9.68. The number of fused-ring (bicyclic) bond motifs is 1. The number of phenols is 1. The number of benzene rings is 1. The van der Waals surface area contributed by atoms with Crippen LogP contribution in [-0.2, 0) is 12.8 Å². The Bertz CT molecular complexity index is 427.